The van der Waals surface area contributed by atoms with Gasteiger partial charge in [0.2, 0.25) is 17.8 Å². The van der Waals surface area contributed by atoms with Crippen LogP contribution in [0.3, 0.4) is 0 Å². The van der Waals surface area contributed by atoms with E-state index in [0.29, 0.717) is 18.9 Å². The first-order chi connectivity index (χ1) is 27.0. The summed E-state index contributed by atoms with van der Waals surface area (Å²) in [6.45, 7) is 4.22. The number of carbonyl (C=O) groups excluding carboxylic acids is 1. The van der Waals surface area contributed by atoms with Gasteiger partial charge in [0.05, 0.1) is 17.6 Å². The number of imidazole rings is 1. The van der Waals surface area contributed by atoms with Crippen LogP contribution in [0.2, 0.25) is 0 Å². The van der Waals surface area contributed by atoms with Gasteiger partial charge in [-0.2, -0.15) is 0 Å². The standard InChI is InChI=1S/C46H55FN6O2/c1-3-4-5-6-7-8-9-10-11-12-13-14-15-16-17-18-19-20-21-26-43(54)53-44(55)31-34-48-45(53)50(2)40-32-35-51(36-33-40)46-49-41-24-22-23-25-42(41)52(46)37-38-27-29-39(47)30-28-38/h4-5,7-8,10-11,13-14,16-17,19-20,22-25,27-31,34,40H,3,6,9,12,15,18,21,26,32-33,35-37H2,1-2H3. The van der Waals surface area contributed by atoms with Gasteiger partial charge in [0.1, 0.15) is 5.82 Å². The Morgan fingerprint density at radius 3 is 2.00 bits per heavy atom. The highest BCUT2D eigenvalue weighted by Crippen LogP contribution is 2.28. The molecule has 1 saturated heterocycles. The monoisotopic (exact) mass is 742 g/mol. The number of hydrogen-bond donors (Lipinski definition) is 0. The second kappa shape index (κ2) is 22.0. The summed E-state index contributed by atoms with van der Waals surface area (Å²) in [5.74, 6) is 0.746. The third-order valence-electron chi connectivity index (χ3n) is 9.70. The highest BCUT2D eigenvalue weighted by Gasteiger charge is 2.28. The van der Waals surface area contributed by atoms with Crippen LogP contribution in [0.4, 0.5) is 16.3 Å². The molecular formula is C46H55FN6O2. The molecule has 288 valence electrons. The molecule has 1 aliphatic heterocycles. The van der Waals surface area contributed by atoms with Crippen LogP contribution in [0.5, 0.6) is 0 Å². The first-order valence-corrected chi connectivity index (χ1v) is 19.6. The van der Waals surface area contributed by atoms with E-state index < -0.39 is 0 Å². The molecular weight excluding hydrogens is 688 g/mol. The lowest BCUT2D eigenvalue weighted by Crippen LogP contribution is -2.46. The topological polar surface area (TPSA) is 76.3 Å². The number of para-hydroxylation sites is 2. The fraction of sp³-hybridized carbons (Fsp3) is 0.348. The van der Waals surface area contributed by atoms with E-state index in [2.05, 4.69) is 94.3 Å². The molecule has 4 aromatic rings. The summed E-state index contributed by atoms with van der Waals surface area (Å²) in [7, 11) is 1.92. The molecule has 2 aromatic heterocycles. The molecule has 1 aliphatic rings. The van der Waals surface area contributed by atoms with Crippen LogP contribution in [0.25, 0.3) is 11.0 Å². The van der Waals surface area contributed by atoms with Crippen molar-refractivity contribution in [2.45, 2.75) is 83.7 Å². The third kappa shape index (κ3) is 12.2. The van der Waals surface area contributed by atoms with Gasteiger partial charge in [-0.15, -0.1) is 0 Å². The average Bonchev–Trinajstić information content (AvgIpc) is 3.57. The third-order valence-corrected chi connectivity index (χ3v) is 9.70. The van der Waals surface area contributed by atoms with Crippen LogP contribution in [0.15, 0.2) is 139 Å². The highest BCUT2D eigenvalue weighted by molar-refractivity contribution is 5.82. The summed E-state index contributed by atoms with van der Waals surface area (Å²) < 4.78 is 17.0. The minimum Gasteiger partial charge on any atom is -0.342 e. The zero-order chi connectivity index (χ0) is 38.7. The van der Waals surface area contributed by atoms with Gasteiger partial charge in [0, 0.05) is 44.9 Å². The number of aromatic nitrogens is 4. The molecule has 0 amide bonds. The summed E-state index contributed by atoms with van der Waals surface area (Å²) in [4.78, 5) is 40.1. The molecule has 0 N–H and O–H groups in total. The van der Waals surface area contributed by atoms with Crippen molar-refractivity contribution in [3.63, 3.8) is 0 Å². The van der Waals surface area contributed by atoms with E-state index in [1.54, 1.807) is 0 Å². The lowest BCUT2D eigenvalue weighted by molar-refractivity contribution is 0.0899. The van der Waals surface area contributed by atoms with Crippen LogP contribution in [0, 0.1) is 5.82 Å². The molecule has 0 aliphatic carbocycles. The van der Waals surface area contributed by atoms with Gasteiger partial charge >= 0.3 is 0 Å². The lowest BCUT2D eigenvalue weighted by atomic mass is 10.0. The number of allylic oxidation sites excluding steroid dienone is 12. The van der Waals surface area contributed by atoms with E-state index in [4.69, 9.17) is 4.98 Å². The molecule has 3 heterocycles. The summed E-state index contributed by atoms with van der Waals surface area (Å²) in [5.41, 5.74) is 2.58. The van der Waals surface area contributed by atoms with Crippen molar-refractivity contribution < 1.29 is 9.18 Å². The van der Waals surface area contributed by atoms with Crippen molar-refractivity contribution in [2.24, 2.45) is 0 Å². The second-order valence-corrected chi connectivity index (χ2v) is 13.7. The van der Waals surface area contributed by atoms with Crippen LogP contribution in [-0.4, -0.2) is 51.2 Å². The van der Waals surface area contributed by atoms with Gasteiger partial charge in [0.25, 0.3) is 5.56 Å². The molecule has 0 unspecified atom stereocenters. The predicted molar refractivity (Wildman–Crippen MR) is 225 cm³/mol. The Balaban J connectivity index is 1.08. The van der Waals surface area contributed by atoms with Gasteiger partial charge in [-0.05, 0) is 87.6 Å². The lowest BCUT2D eigenvalue weighted by Gasteiger charge is -2.38. The van der Waals surface area contributed by atoms with Crippen molar-refractivity contribution >= 4 is 28.8 Å². The van der Waals surface area contributed by atoms with E-state index in [1.807, 2.05) is 48.4 Å². The quantitative estimate of drug-likeness (QED) is 0.0891. The molecule has 55 heavy (non-hydrogen) atoms. The van der Waals surface area contributed by atoms with Gasteiger partial charge in [-0.1, -0.05) is 104 Å². The Morgan fingerprint density at radius 1 is 0.800 bits per heavy atom. The Bertz CT molecular complexity index is 2040. The van der Waals surface area contributed by atoms with E-state index in [-0.39, 0.29) is 29.7 Å². The van der Waals surface area contributed by atoms with Crippen molar-refractivity contribution in [2.75, 3.05) is 29.9 Å². The number of nitrogens with zero attached hydrogens (tertiary/aromatic N) is 6. The van der Waals surface area contributed by atoms with Crippen molar-refractivity contribution in [3.8, 4) is 0 Å². The van der Waals surface area contributed by atoms with Crippen molar-refractivity contribution in [1.29, 1.82) is 0 Å². The Morgan fingerprint density at radius 2 is 1.38 bits per heavy atom. The molecule has 9 heteroatoms. The molecule has 5 rings (SSSR count). The fourth-order valence-corrected chi connectivity index (χ4v) is 6.69. The maximum atomic E-state index is 13.6. The van der Waals surface area contributed by atoms with Crippen LogP contribution in [-0.2, 0) is 6.54 Å². The minimum atomic E-state index is -0.364. The van der Waals surface area contributed by atoms with Gasteiger partial charge < -0.3 is 14.4 Å². The number of hydrogen-bond acceptors (Lipinski definition) is 6. The average molecular weight is 743 g/mol. The van der Waals surface area contributed by atoms with Crippen LogP contribution in [0.1, 0.15) is 81.5 Å². The first-order valence-electron chi connectivity index (χ1n) is 19.6. The summed E-state index contributed by atoms with van der Waals surface area (Å²) in [5, 5.41) is 0. The molecule has 8 nitrogen and oxygen atoms in total. The largest absolute Gasteiger partial charge is 0.342 e. The molecule has 0 atom stereocenters. The van der Waals surface area contributed by atoms with Crippen LogP contribution < -0.4 is 15.4 Å². The summed E-state index contributed by atoms with van der Waals surface area (Å²) in [6.07, 6.45) is 35.4. The maximum absolute atomic E-state index is 13.6. The molecule has 0 radical (unpaired) electrons. The van der Waals surface area contributed by atoms with Gasteiger partial charge in [-0.25, -0.2) is 18.9 Å². The van der Waals surface area contributed by atoms with E-state index >= 15 is 0 Å². The van der Waals surface area contributed by atoms with E-state index in [1.165, 1.54) is 29.0 Å². The van der Waals surface area contributed by atoms with Gasteiger partial charge in [-0.3, -0.25) is 9.59 Å². The molecule has 0 saturated carbocycles. The Labute approximate surface area is 325 Å². The number of halogens is 1. The van der Waals surface area contributed by atoms with Crippen LogP contribution >= 0.6 is 0 Å². The normalized spacial score (nSPS) is 14.4. The second-order valence-electron chi connectivity index (χ2n) is 13.7. The molecule has 1 fully saturated rings. The summed E-state index contributed by atoms with van der Waals surface area (Å²) >= 11 is 0. The zero-order valence-electron chi connectivity index (χ0n) is 32.3. The number of benzene rings is 2. The number of anilines is 2. The number of fused-ring (bicyclic) bond motifs is 1. The van der Waals surface area contributed by atoms with Crippen molar-refractivity contribution in [3.05, 3.63) is 155 Å². The van der Waals surface area contributed by atoms with E-state index in [0.717, 1.165) is 87.0 Å². The molecule has 0 bridgehead atoms. The predicted octanol–water partition coefficient (Wildman–Crippen LogP) is 10.0. The van der Waals surface area contributed by atoms with Gasteiger partial charge in [0.15, 0.2) is 0 Å². The Kier molecular flexibility index (Phi) is 16.2. The molecule has 0 spiro atoms. The maximum Gasteiger partial charge on any atom is 0.261 e. The summed E-state index contributed by atoms with van der Waals surface area (Å²) in [6, 6.07) is 16.1. The number of rotatable bonds is 19. The smallest absolute Gasteiger partial charge is 0.261 e. The fourth-order valence-electron chi connectivity index (χ4n) is 6.69. The SMILES string of the molecule is CCC=CCC=CCC=CCC=CCC=CCC=CCCC(=O)n1c(N(C)C2CCN(c3nc4ccccc4n3Cc3ccc(F)cc3)CC2)nccc1=O. The number of piperidine rings is 1. The zero-order valence-corrected chi connectivity index (χ0v) is 32.3. The molecule has 2 aromatic carbocycles. The van der Waals surface area contributed by atoms with Crippen molar-refractivity contribution in [1.82, 2.24) is 19.1 Å². The number of carbonyl (C=O) groups is 1. The minimum absolute atomic E-state index is 0.0860. The first kappa shape index (κ1) is 40.6. The Hall–Kier alpha value is -5.57. The highest BCUT2D eigenvalue weighted by atomic mass is 19.1. The van der Waals surface area contributed by atoms with E-state index in [9.17, 15) is 14.0 Å².